The predicted octanol–water partition coefficient (Wildman–Crippen LogP) is 1.83. The van der Waals surface area contributed by atoms with E-state index in [1.165, 1.54) is 6.92 Å². The minimum absolute atomic E-state index is 0.154. The highest BCUT2D eigenvalue weighted by Crippen LogP contribution is 2.13. The number of ether oxygens (including phenoxy) is 2. The number of benzene rings is 1. The van der Waals surface area contributed by atoms with Crippen molar-refractivity contribution in [3.8, 4) is 0 Å². The van der Waals surface area contributed by atoms with Crippen molar-refractivity contribution in [3.05, 3.63) is 35.9 Å². The highest BCUT2D eigenvalue weighted by Gasteiger charge is 2.38. The molecule has 27 heavy (non-hydrogen) atoms. The quantitative estimate of drug-likeness (QED) is 0.475. The molecule has 0 heterocycles. The molecule has 1 rings (SSSR count). The van der Waals surface area contributed by atoms with E-state index in [9.17, 15) is 22.8 Å². The second-order valence-electron chi connectivity index (χ2n) is 5.04. The van der Waals surface area contributed by atoms with Gasteiger partial charge in [0.15, 0.2) is 0 Å². The molecule has 0 bridgehead atoms. The summed E-state index contributed by atoms with van der Waals surface area (Å²) in [6.07, 6.45) is -5.14. The van der Waals surface area contributed by atoms with Crippen molar-refractivity contribution in [1.29, 1.82) is 0 Å². The normalized spacial score (nSPS) is 11.4. The number of nitrogens with one attached hydrogen (secondary N) is 1. The van der Waals surface area contributed by atoms with E-state index in [0.717, 1.165) is 5.56 Å². The highest BCUT2D eigenvalue weighted by molar-refractivity contribution is 5.80. The largest absolute Gasteiger partial charge is 0.490 e. The highest BCUT2D eigenvalue weighted by atomic mass is 19.4. The van der Waals surface area contributed by atoms with Gasteiger partial charge >= 0.3 is 24.2 Å². The van der Waals surface area contributed by atoms with Crippen LogP contribution in [-0.4, -0.2) is 48.5 Å². The number of carbonyl (C=O) groups excluding carboxylic acids is 2. The summed E-state index contributed by atoms with van der Waals surface area (Å²) in [4.78, 5) is 31.9. The molecular weight excluding hydrogens is 373 g/mol. The number of amides is 1. The van der Waals surface area contributed by atoms with Crippen LogP contribution < -0.4 is 11.1 Å². The van der Waals surface area contributed by atoms with E-state index in [1.807, 2.05) is 30.3 Å². The van der Waals surface area contributed by atoms with Gasteiger partial charge in [-0.15, -0.1) is 0 Å². The number of esters is 1. The summed E-state index contributed by atoms with van der Waals surface area (Å²) in [5.74, 6) is -3.26. The number of hydrogen-bond acceptors (Lipinski definition) is 6. The number of aliphatic carboxylic acids is 1. The van der Waals surface area contributed by atoms with E-state index in [4.69, 9.17) is 25.1 Å². The lowest BCUT2D eigenvalue weighted by atomic mass is 10.2. The minimum atomic E-state index is -5.08. The maximum atomic E-state index is 11.5. The van der Waals surface area contributed by atoms with Gasteiger partial charge in [-0.2, -0.15) is 13.2 Å². The van der Waals surface area contributed by atoms with Gasteiger partial charge in [0.2, 0.25) is 0 Å². The Morgan fingerprint density at radius 2 is 1.74 bits per heavy atom. The number of carboxylic acids is 1. The molecule has 152 valence electrons. The Hall–Kier alpha value is -2.82. The van der Waals surface area contributed by atoms with Gasteiger partial charge in [-0.1, -0.05) is 30.3 Å². The van der Waals surface area contributed by atoms with E-state index < -0.39 is 30.2 Å². The molecule has 0 radical (unpaired) electrons. The monoisotopic (exact) mass is 394 g/mol. The molecule has 1 amide bonds. The van der Waals surface area contributed by atoms with Crippen molar-refractivity contribution in [2.75, 3.05) is 13.2 Å². The Bertz CT molecular complexity index is 596. The molecule has 0 aliphatic rings. The fraction of sp³-hybridized carbons (Fsp3) is 0.438. The number of carbonyl (C=O) groups is 3. The second-order valence-corrected chi connectivity index (χ2v) is 5.04. The molecule has 11 heteroatoms. The van der Waals surface area contributed by atoms with Gasteiger partial charge in [0.25, 0.3) is 0 Å². The van der Waals surface area contributed by atoms with Crippen LogP contribution in [0.4, 0.5) is 18.0 Å². The molecule has 1 unspecified atom stereocenters. The molecule has 4 N–H and O–H groups in total. The molecule has 0 saturated heterocycles. The zero-order valence-corrected chi connectivity index (χ0v) is 14.5. The van der Waals surface area contributed by atoms with Gasteiger partial charge in [0.1, 0.15) is 12.6 Å². The molecule has 0 aromatic heterocycles. The van der Waals surface area contributed by atoms with Crippen molar-refractivity contribution < 1.29 is 42.1 Å². The number of rotatable bonds is 7. The van der Waals surface area contributed by atoms with Gasteiger partial charge in [0.05, 0.1) is 6.61 Å². The Balaban J connectivity index is 0.000000821. The van der Waals surface area contributed by atoms with Crippen LogP contribution in [0.2, 0.25) is 0 Å². The van der Waals surface area contributed by atoms with Crippen molar-refractivity contribution in [2.45, 2.75) is 32.2 Å². The van der Waals surface area contributed by atoms with Crippen LogP contribution >= 0.6 is 0 Å². The number of carboxylic acid groups (broad SMARTS) is 1. The first-order valence-electron chi connectivity index (χ1n) is 7.72. The summed E-state index contributed by atoms with van der Waals surface area (Å²) in [6, 6.07) is 8.52. The van der Waals surface area contributed by atoms with Crippen LogP contribution in [-0.2, 0) is 25.7 Å². The summed E-state index contributed by atoms with van der Waals surface area (Å²) in [5, 5.41) is 9.53. The molecule has 1 atom stereocenters. The van der Waals surface area contributed by atoms with Gasteiger partial charge < -0.3 is 25.6 Å². The van der Waals surface area contributed by atoms with Crippen LogP contribution in [0.3, 0.4) is 0 Å². The SMILES string of the molecule is CC(NC(=O)OCc1ccccc1)C(=O)OCCCN.O=C(O)C(F)(F)F. The molecule has 0 aliphatic heterocycles. The van der Waals surface area contributed by atoms with Crippen LogP contribution in [0.15, 0.2) is 30.3 Å². The summed E-state index contributed by atoms with van der Waals surface area (Å²) in [5.41, 5.74) is 6.16. The average molecular weight is 394 g/mol. The van der Waals surface area contributed by atoms with E-state index in [-0.39, 0.29) is 13.2 Å². The minimum Gasteiger partial charge on any atom is -0.475 e. The van der Waals surface area contributed by atoms with Crippen molar-refractivity contribution in [1.82, 2.24) is 5.32 Å². The smallest absolute Gasteiger partial charge is 0.475 e. The van der Waals surface area contributed by atoms with Gasteiger partial charge in [-0.3, -0.25) is 0 Å². The maximum Gasteiger partial charge on any atom is 0.490 e. The van der Waals surface area contributed by atoms with Crippen LogP contribution in [0.25, 0.3) is 0 Å². The van der Waals surface area contributed by atoms with Crippen molar-refractivity contribution in [2.24, 2.45) is 5.73 Å². The van der Waals surface area contributed by atoms with Crippen LogP contribution in [0, 0.1) is 0 Å². The molecule has 0 saturated carbocycles. The molecule has 0 fully saturated rings. The Morgan fingerprint density at radius 1 is 1.19 bits per heavy atom. The lowest BCUT2D eigenvalue weighted by Crippen LogP contribution is -2.40. The molecule has 1 aromatic rings. The summed E-state index contributed by atoms with van der Waals surface area (Å²) in [7, 11) is 0. The Morgan fingerprint density at radius 3 is 2.22 bits per heavy atom. The topological polar surface area (TPSA) is 128 Å². The average Bonchev–Trinajstić information content (AvgIpc) is 2.60. The third-order valence-electron chi connectivity index (χ3n) is 2.74. The molecule has 1 aromatic carbocycles. The Labute approximate surface area is 153 Å². The number of alkyl halides is 3. The van der Waals surface area contributed by atoms with Gasteiger partial charge in [0, 0.05) is 0 Å². The van der Waals surface area contributed by atoms with Crippen molar-refractivity contribution in [3.63, 3.8) is 0 Å². The molecule has 0 spiro atoms. The van der Waals surface area contributed by atoms with Crippen molar-refractivity contribution >= 4 is 18.0 Å². The summed E-state index contributed by atoms with van der Waals surface area (Å²) in [6.45, 7) is 2.39. The van der Waals surface area contributed by atoms with E-state index in [0.29, 0.717) is 13.0 Å². The first-order chi connectivity index (χ1) is 12.6. The zero-order chi connectivity index (χ0) is 20.9. The van der Waals surface area contributed by atoms with Crippen LogP contribution in [0.5, 0.6) is 0 Å². The van der Waals surface area contributed by atoms with E-state index in [2.05, 4.69) is 5.32 Å². The number of alkyl carbamates (subject to hydrolysis) is 1. The van der Waals surface area contributed by atoms with Crippen LogP contribution in [0.1, 0.15) is 18.9 Å². The number of nitrogens with two attached hydrogens (primary N) is 1. The summed E-state index contributed by atoms with van der Waals surface area (Å²) < 4.78 is 41.7. The molecule has 0 aliphatic carbocycles. The lowest BCUT2D eigenvalue weighted by Gasteiger charge is -2.13. The fourth-order valence-electron chi connectivity index (χ4n) is 1.38. The standard InChI is InChI=1S/C14H20N2O4.C2HF3O2/c1-11(13(17)19-9-5-8-15)16-14(18)20-10-12-6-3-2-4-7-12;3-2(4,5)1(6)7/h2-4,6-7,11H,5,8-10,15H2,1H3,(H,16,18);(H,6,7). The summed E-state index contributed by atoms with van der Waals surface area (Å²) >= 11 is 0. The number of halogens is 3. The van der Waals surface area contributed by atoms with Gasteiger partial charge in [-0.25, -0.2) is 14.4 Å². The predicted molar refractivity (Wildman–Crippen MR) is 87.5 cm³/mol. The van der Waals surface area contributed by atoms with E-state index >= 15 is 0 Å². The first kappa shape index (κ1) is 24.2. The fourth-order valence-corrected chi connectivity index (χ4v) is 1.38. The molecular formula is C16H21F3N2O6. The Kier molecular flexibility index (Phi) is 11.2. The maximum absolute atomic E-state index is 11.5. The first-order valence-corrected chi connectivity index (χ1v) is 7.72. The van der Waals surface area contributed by atoms with Gasteiger partial charge in [-0.05, 0) is 25.5 Å². The third kappa shape index (κ3) is 12.2. The third-order valence-corrected chi connectivity index (χ3v) is 2.74. The lowest BCUT2D eigenvalue weighted by molar-refractivity contribution is -0.192. The van der Waals surface area contributed by atoms with E-state index in [1.54, 1.807) is 0 Å². The molecule has 8 nitrogen and oxygen atoms in total. The number of hydrogen-bond donors (Lipinski definition) is 3. The second kappa shape index (κ2) is 12.5. The zero-order valence-electron chi connectivity index (χ0n) is 14.5.